The van der Waals surface area contributed by atoms with Crippen LogP contribution < -0.4 is 10.7 Å². The van der Waals surface area contributed by atoms with Gasteiger partial charge in [-0.1, -0.05) is 17.7 Å². The number of esters is 1. The van der Waals surface area contributed by atoms with Gasteiger partial charge in [-0.05, 0) is 44.2 Å². The first-order valence-electron chi connectivity index (χ1n) is 8.62. The van der Waals surface area contributed by atoms with Gasteiger partial charge >= 0.3 is 5.97 Å². The van der Waals surface area contributed by atoms with Crippen LogP contribution in [-0.4, -0.2) is 28.0 Å². The van der Waals surface area contributed by atoms with Crippen LogP contribution in [0.3, 0.4) is 0 Å². The van der Waals surface area contributed by atoms with Crippen molar-refractivity contribution in [3.05, 3.63) is 69.1 Å². The number of pyridine rings is 2. The zero-order valence-corrected chi connectivity index (χ0v) is 16.1. The van der Waals surface area contributed by atoms with E-state index in [1.54, 1.807) is 50.2 Å². The number of aromatic nitrogens is 2. The first-order chi connectivity index (χ1) is 13.4. The fourth-order valence-electron chi connectivity index (χ4n) is 2.76. The smallest absolute Gasteiger partial charge is 0.343 e. The van der Waals surface area contributed by atoms with Crippen molar-refractivity contribution >= 4 is 40.2 Å². The molecule has 0 fully saturated rings. The van der Waals surface area contributed by atoms with Crippen molar-refractivity contribution in [2.75, 3.05) is 11.9 Å². The molecular formula is C20H18ClN3O4. The van der Waals surface area contributed by atoms with Crippen LogP contribution in [0.4, 0.5) is 5.69 Å². The monoisotopic (exact) mass is 399 g/mol. The topological polar surface area (TPSA) is 90.3 Å². The maximum absolute atomic E-state index is 12.7. The van der Waals surface area contributed by atoms with Crippen LogP contribution in [0, 0.1) is 6.92 Å². The molecular weight excluding hydrogens is 382 g/mol. The summed E-state index contributed by atoms with van der Waals surface area (Å²) >= 11 is 5.93. The molecule has 144 valence electrons. The Hall–Kier alpha value is -3.19. The Morgan fingerprint density at radius 3 is 2.75 bits per heavy atom. The van der Waals surface area contributed by atoms with Gasteiger partial charge in [0.2, 0.25) is 11.3 Å². The van der Waals surface area contributed by atoms with Crippen LogP contribution in [0.2, 0.25) is 5.02 Å². The highest BCUT2D eigenvalue weighted by molar-refractivity contribution is 6.30. The quantitative estimate of drug-likeness (QED) is 0.665. The van der Waals surface area contributed by atoms with Crippen LogP contribution >= 0.6 is 11.6 Å². The summed E-state index contributed by atoms with van der Waals surface area (Å²) in [4.78, 5) is 41.7. The van der Waals surface area contributed by atoms with E-state index < -0.39 is 11.4 Å². The number of carbonyl (C=O) groups excluding carboxylic acids is 2. The average molecular weight is 400 g/mol. The molecule has 0 saturated heterocycles. The molecule has 2 heterocycles. The van der Waals surface area contributed by atoms with E-state index in [1.807, 2.05) is 0 Å². The number of halogens is 1. The number of amides is 1. The second-order valence-corrected chi connectivity index (χ2v) is 6.54. The number of aryl methyl sites for hydroxylation is 1. The van der Waals surface area contributed by atoms with Crippen molar-refractivity contribution in [2.24, 2.45) is 0 Å². The SMILES string of the molecule is CCOC(=O)c1cn(CC(=O)Nc2cccc(Cl)c2)c2nc(C)ccc2c1=O. The third kappa shape index (κ3) is 4.20. The van der Waals surface area contributed by atoms with Gasteiger partial charge < -0.3 is 14.6 Å². The van der Waals surface area contributed by atoms with Gasteiger partial charge in [-0.3, -0.25) is 9.59 Å². The summed E-state index contributed by atoms with van der Waals surface area (Å²) in [6.07, 6.45) is 1.31. The number of hydrogen-bond acceptors (Lipinski definition) is 5. The number of hydrogen-bond donors (Lipinski definition) is 1. The maximum Gasteiger partial charge on any atom is 0.343 e. The molecule has 3 rings (SSSR count). The van der Waals surface area contributed by atoms with Crippen molar-refractivity contribution in [3.63, 3.8) is 0 Å². The van der Waals surface area contributed by atoms with E-state index in [-0.39, 0.29) is 30.0 Å². The molecule has 0 unspecified atom stereocenters. The van der Waals surface area contributed by atoms with Gasteiger partial charge in [-0.25, -0.2) is 9.78 Å². The third-order valence-corrected chi connectivity index (χ3v) is 4.21. The molecule has 0 aliphatic carbocycles. The molecule has 0 bridgehead atoms. The number of nitrogens with one attached hydrogen (secondary N) is 1. The summed E-state index contributed by atoms with van der Waals surface area (Å²) in [5.41, 5.74) is 0.916. The zero-order valence-electron chi connectivity index (χ0n) is 15.4. The standard InChI is InChI=1S/C20H18ClN3O4/c1-3-28-20(27)16-10-24(19-15(18(16)26)8-7-12(2)22-19)11-17(25)23-14-6-4-5-13(21)9-14/h4-10H,3,11H2,1-2H3,(H,23,25). The van der Waals surface area contributed by atoms with E-state index >= 15 is 0 Å². The maximum atomic E-state index is 12.7. The van der Waals surface area contributed by atoms with Gasteiger partial charge in [0.15, 0.2) is 0 Å². The summed E-state index contributed by atoms with van der Waals surface area (Å²) < 4.78 is 6.43. The molecule has 1 amide bonds. The summed E-state index contributed by atoms with van der Waals surface area (Å²) in [6, 6.07) is 10.0. The minimum Gasteiger partial charge on any atom is -0.462 e. The lowest BCUT2D eigenvalue weighted by atomic mass is 10.2. The molecule has 0 aliphatic rings. The number of carbonyl (C=O) groups is 2. The molecule has 1 aromatic carbocycles. The van der Waals surface area contributed by atoms with Gasteiger partial charge in [0.25, 0.3) is 0 Å². The van der Waals surface area contributed by atoms with E-state index in [2.05, 4.69) is 10.3 Å². The Balaban J connectivity index is 2.02. The molecule has 0 atom stereocenters. The van der Waals surface area contributed by atoms with E-state index in [9.17, 15) is 14.4 Å². The summed E-state index contributed by atoms with van der Waals surface area (Å²) in [6.45, 7) is 3.42. The lowest BCUT2D eigenvalue weighted by Gasteiger charge is -2.13. The van der Waals surface area contributed by atoms with Gasteiger partial charge in [-0.15, -0.1) is 0 Å². The summed E-state index contributed by atoms with van der Waals surface area (Å²) in [7, 11) is 0. The van der Waals surface area contributed by atoms with Crippen molar-refractivity contribution in [3.8, 4) is 0 Å². The average Bonchev–Trinajstić information content (AvgIpc) is 2.64. The number of ether oxygens (including phenoxy) is 1. The van der Waals surface area contributed by atoms with E-state index in [1.165, 1.54) is 10.8 Å². The van der Waals surface area contributed by atoms with Crippen LogP contribution in [0.15, 0.2) is 47.4 Å². The van der Waals surface area contributed by atoms with Crippen LogP contribution in [0.5, 0.6) is 0 Å². The number of nitrogens with zero attached hydrogens (tertiary/aromatic N) is 2. The Bertz CT molecular complexity index is 1120. The Morgan fingerprint density at radius 1 is 1.25 bits per heavy atom. The number of anilines is 1. The molecule has 28 heavy (non-hydrogen) atoms. The molecule has 3 aromatic rings. The summed E-state index contributed by atoms with van der Waals surface area (Å²) in [5, 5.41) is 3.47. The van der Waals surface area contributed by atoms with Gasteiger partial charge in [0, 0.05) is 22.6 Å². The largest absolute Gasteiger partial charge is 0.462 e. The minimum absolute atomic E-state index is 0.137. The van der Waals surface area contributed by atoms with Gasteiger partial charge in [-0.2, -0.15) is 0 Å². The molecule has 0 radical (unpaired) electrons. The normalized spacial score (nSPS) is 10.7. The highest BCUT2D eigenvalue weighted by Gasteiger charge is 2.18. The predicted molar refractivity (Wildman–Crippen MR) is 107 cm³/mol. The molecule has 0 aliphatic heterocycles. The van der Waals surface area contributed by atoms with E-state index in [4.69, 9.17) is 16.3 Å². The lowest BCUT2D eigenvalue weighted by molar-refractivity contribution is -0.116. The van der Waals surface area contributed by atoms with Crippen LogP contribution in [0.1, 0.15) is 23.0 Å². The molecule has 1 N–H and O–H groups in total. The molecule has 0 spiro atoms. The molecule has 2 aromatic heterocycles. The second kappa shape index (κ2) is 8.22. The predicted octanol–water partition coefficient (Wildman–Crippen LogP) is 3.17. The van der Waals surface area contributed by atoms with Crippen LogP contribution in [0.25, 0.3) is 11.0 Å². The first kappa shape index (κ1) is 19.6. The van der Waals surface area contributed by atoms with Crippen molar-refractivity contribution in [1.82, 2.24) is 9.55 Å². The van der Waals surface area contributed by atoms with Crippen molar-refractivity contribution in [2.45, 2.75) is 20.4 Å². The highest BCUT2D eigenvalue weighted by atomic mass is 35.5. The molecule has 8 heteroatoms. The van der Waals surface area contributed by atoms with Gasteiger partial charge in [0.1, 0.15) is 17.8 Å². The van der Waals surface area contributed by atoms with E-state index in [0.29, 0.717) is 22.1 Å². The van der Waals surface area contributed by atoms with Gasteiger partial charge in [0.05, 0.1) is 12.0 Å². The number of benzene rings is 1. The number of rotatable bonds is 5. The van der Waals surface area contributed by atoms with E-state index in [0.717, 1.165) is 0 Å². The Kier molecular flexibility index (Phi) is 5.75. The second-order valence-electron chi connectivity index (χ2n) is 6.10. The number of fused-ring (bicyclic) bond motifs is 1. The lowest BCUT2D eigenvalue weighted by Crippen LogP contribution is -2.25. The Labute approximate surface area is 165 Å². The third-order valence-electron chi connectivity index (χ3n) is 3.98. The van der Waals surface area contributed by atoms with Crippen molar-refractivity contribution in [1.29, 1.82) is 0 Å². The summed E-state index contributed by atoms with van der Waals surface area (Å²) in [5.74, 6) is -1.09. The minimum atomic E-state index is -0.737. The van der Waals surface area contributed by atoms with Crippen LogP contribution in [-0.2, 0) is 16.1 Å². The fraction of sp³-hybridized carbons (Fsp3) is 0.200. The first-order valence-corrected chi connectivity index (χ1v) is 9.00. The highest BCUT2D eigenvalue weighted by Crippen LogP contribution is 2.16. The molecule has 7 nitrogen and oxygen atoms in total. The fourth-order valence-corrected chi connectivity index (χ4v) is 2.95. The Morgan fingerprint density at radius 2 is 2.04 bits per heavy atom. The zero-order chi connectivity index (χ0) is 20.3. The van der Waals surface area contributed by atoms with Crippen molar-refractivity contribution < 1.29 is 14.3 Å². The molecule has 0 saturated carbocycles.